The largest absolute Gasteiger partial charge is 0.377 e. The van der Waals surface area contributed by atoms with Gasteiger partial charge in [0.1, 0.15) is 0 Å². The Labute approximate surface area is 69.3 Å². The monoisotopic (exact) mass is 157 g/mol. The SMILES string of the molecule is CCCOC1CCCNC1C. The van der Waals surface area contributed by atoms with Gasteiger partial charge in [0.2, 0.25) is 0 Å². The highest BCUT2D eigenvalue weighted by Gasteiger charge is 2.20. The summed E-state index contributed by atoms with van der Waals surface area (Å²) in [7, 11) is 0. The van der Waals surface area contributed by atoms with Crippen LogP contribution in [0.5, 0.6) is 0 Å². The predicted molar refractivity (Wildman–Crippen MR) is 46.7 cm³/mol. The normalized spacial score (nSPS) is 32.2. The molecular formula is C9H19NO. The number of hydrogen-bond acceptors (Lipinski definition) is 2. The van der Waals surface area contributed by atoms with E-state index in [9.17, 15) is 0 Å². The third-order valence-corrected chi connectivity index (χ3v) is 2.23. The van der Waals surface area contributed by atoms with Crippen molar-refractivity contribution in [3.63, 3.8) is 0 Å². The van der Waals surface area contributed by atoms with Crippen LogP contribution >= 0.6 is 0 Å². The third-order valence-electron chi connectivity index (χ3n) is 2.23. The summed E-state index contributed by atoms with van der Waals surface area (Å²) in [4.78, 5) is 0. The molecule has 1 N–H and O–H groups in total. The molecule has 0 aromatic heterocycles. The van der Waals surface area contributed by atoms with E-state index in [1.165, 1.54) is 12.8 Å². The van der Waals surface area contributed by atoms with E-state index < -0.39 is 0 Å². The summed E-state index contributed by atoms with van der Waals surface area (Å²) < 4.78 is 5.68. The third kappa shape index (κ3) is 2.80. The Hall–Kier alpha value is -0.0800. The van der Waals surface area contributed by atoms with Crippen LogP contribution in [-0.4, -0.2) is 25.3 Å². The average Bonchev–Trinajstić information content (AvgIpc) is 2.03. The Bertz CT molecular complexity index is 106. The zero-order valence-corrected chi connectivity index (χ0v) is 7.60. The Balaban J connectivity index is 2.18. The van der Waals surface area contributed by atoms with E-state index in [4.69, 9.17) is 4.74 Å². The molecule has 2 atom stereocenters. The minimum atomic E-state index is 0.462. The zero-order chi connectivity index (χ0) is 8.10. The summed E-state index contributed by atoms with van der Waals surface area (Å²) in [5, 5.41) is 3.42. The lowest BCUT2D eigenvalue weighted by Crippen LogP contribution is -2.44. The minimum absolute atomic E-state index is 0.462. The van der Waals surface area contributed by atoms with Gasteiger partial charge in [0.05, 0.1) is 6.10 Å². The lowest BCUT2D eigenvalue weighted by Gasteiger charge is -2.29. The Morgan fingerprint density at radius 1 is 1.55 bits per heavy atom. The molecule has 0 amide bonds. The van der Waals surface area contributed by atoms with Crippen LogP contribution in [0.25, 0.3) is 0 Å². The number of piperidine rings is 1. The summed E-state index contributed by atoms with van der Waals surface area (Å²) in [6.45, 7) is 6.43. The highest BCUT2D eigenvalue weighted by molar-refractivity contribution is 4.77. The summed E-state index contributed by atoms with van der Waals surface area (Å²) in [5.41, 5.74) is 0. The van der Waals surface area contributed by atoms with Crippen molar-refractivity contribution in [2.75, 3.05) is 13.2 Å². The fraction of sp³-hybridized carbons (Fsp3) is 1.00. The topological polar surface area (TPSA) is 21.3 Å². The van der Waals surface area contributed by atoms with Crippen molar-refractivity contribution in [1.29, 1.82) is 0 Å². The second-order valence-corrected chi connectivity index (χ2v) is 3.29. The number of rotatable bonds is 3. The maximum absolute atomic E-state index is 5.68. The van der Waals surface area contributed by atoms with Gasteiger partial charge < -0.3 is 10.1 Å². The lowest BCUT2D eigenvalue weighted by molar-refractivity contribution is 0.0131. The van der Waals surface area contributed by atoms with Gasteiger partial charge >= 0.3 is 0 Å². The molecule has 0 aliphatic carbocycles. The van der Waals surface area contributed by atoms with E-state index in [-0.39, 0.29) is 0 Å². The van der Waals surface area contributed by atoms with Crippen molar-refractivity contribution in [1.82, 2.24) is 5.32 Å². The molecule has 11 heavy (non-hydrogen) atoms. The lowest BCUT2D eigenvalue weighted by atomic mass is 10.0. The molecule has 0 radical (unpaired) electrons. The average molecular weight is 157 g/mol. The molecule has 66 valence electrons. The van der Waals surface area contributed by atoms with Crippen LogP contribution in [0.15, 0.2) is 0 Å². The molecule has 0 aromatic carbocycles. The summed E-state index contributed by atoms with van der Waals surface area (Å²) in [5.74, 6) is 0. The van der Waals surface area contributed by atoms with Gasteiger partial charge in [-0.25, -0.2) is 0 Å². The van der Waals surface area contributed by atoms with Gasteiger partial charge in [-0.05, 0) is 32.7 Å². The maximum atomic E-state index is 5.68. The van der Waals surface area contributed by atoms with Gasteiger partial charge in [0, 0.05) is 12.6 Å². The van der Waals surface area contributed by atoms with E-state index >= 15 is 0 Å². The number of nitrogens with one attached hydrogen (secondary N) is 1. The smallest absolute Gasteiger partial charge is 0.0725 e. The van der Waals surface area contributed by atoms with Crippen LogP contribution in [0, 0.1) is 0 Å². The first-order chi connectivity index (χ1) is 5.34. The second-order valence-electron chi connectivity index (χ2n) is 3.29. The van der Waals surface area contributed by atoms with Crippen LogP contribution in [0.4, 0.5) is 0 Å². The van der Waals surface area contributed by atoms with E-state index in [1.807, 2.05) is 0 Å². The molecule has 1 heterocycles. The molecule has 0 spiro atoms. The highest BCUT2D eigenvalue weighted by atomic mass is 16.5. The van der Waals surface area contributed by atoms with E-state index in [0.29, 0.717) is 12.1 Å². The van der Waals surface area contributed by atoms with Crippen molar-refractivity contribution >= 4 is 0 Å². The molecule has 1 saturated heterocycles. The molecular weight excluding hydrogens is 138 g/mol. The van der Waals surface area contributed by atoms with Gasteiger partial charge in [-0.15, -0.1) is 0 Å². The van der Waals surface area contributed by atoms with Crippen LogP contribution in [0.2, 0.25) is 0 Å². The van der Waals surface area contributed by atoms with Crippen molar-refractivity contribution < 1.29 is 4.74 Å². The molecule has 2 unspecified atom stereocenters. The molecule has 2 heteroatoms. The standard InChI is InChI=1S/C9H19NO/c1-3-7-11-9-5-4-6-10-8(9)2/h8-10H,3-7H2,1-2H3. The summed E-state index contributed by atoms with van der Waals surface area (Å²) >= 11 is 0. The van der Waals surface area contributed by atoms with Gasteiger partial charge in [0.15, 0.2) is 0 Å². The Kier molecular flexibility index (Phi) is 3.87. The minimum Gasteiger partial charge on any atom is -0.377 e. The van der Waals surface area contributed by atoms with Crippen LogP contribution in [-0.2, 0) is 4.74 Å². The van der Waals surface area contributed by atoms with E-state index in [2.05, 4.69) is 19.2 Å². The van der Waals surface area contributed by atoms with Crippen LogP contribution < -0.4 is 5.32 Å². The summed E-state index contributed by atoms with van der Waals surface area (Å²) in [6.07, 6.45) is 4.08. The first kappa shape index (κ1) is 9.01. The molecule has 1 aliphatic heterocycles. The Morgan fingerprint density at radius 3 is 3.00 bits per heavy atom. The molecule has 2 nitrogen and oxygen atoms in total. The van der Waals surface area contributed by atoms with Gasteiger partial charge in [-0.1, -0.05) is 6.92 Å². The van der Waals surface area contributed by atoms with Crippen LogP contribution in [0.1, 0.15) is 33.1 Å². The molecule has 1 rings (SSSR count). The first-order valence-corrected chi connectivity index (χ1v) is 4.69. The molecule has 0 bridgehead atoms. The molecule has 0 aromatic rings. The van der Waals surface area contributed by atoms with Crippen LogP contribution in [0.3, 0.4) is 0 Å². The predicted octanol–water partition coefficient (Wildman–Crippen LogP) is 1.55. The van der Waals surface area contributed by atoms with E-state index in [0.717, 1.165) is 19.6 Å². The molecule has 1 fully saturated rings. The number of ether oxygens (including phenoxy) is 1. The Morgan fingerprint density at radius 2 is 2.36 bits per heavy atom. The molecule has 1 aliphatic rings. The van der Waals surface area contributed by atoms with Crippen molar-refractivity contribution in [3.05, 3.63) is 0 Å². The van der Waals surface area contributed by atoms with Crippen molar-refractivity contribution in [2.24, 2.45) is 0 Å². The van der Waals surface area contributed by atoms with Gasteiger partial charge in [-0.3, -0.25) is 0 Å². The fourth-order valence-corrected chi connectivity index (χ4v) is 1.51. The van der Waals surface area contributed by atoms with Gasteiger partial charge in [0.25, 0.3) is 0 Å². The molecule has 0 saturated carbocycles. The fourth-order valence-electron chi connectivity index (χ4n) is 1.51. The van der Waals surface area contributed by atoms with Crippen molar-refractivity contribution in [3.8, 4) is 0 Å². The zero-order valence-electron chi connectivity index (χ0n) is 7.60. The van der Waals surface area contributed by atoms with E-state index in [1.54, 1.807) is 0 Å². The first-order valence-electron chi connectivity index (χ1n) is 4.69. The summed E-state index contributed by atoms with van der Waals surface area (Å²) in [6, 6.07) is 0.551. The van der Waals surface area contributed by atoms with Crippen molar-refractivity contribution in [2.45, 2.75) is 45.3 Å². The highest BCUT2D eigenvalue weighted by Crippen LogP contribution is 2.12. The second kappa shape index (κ2) is 4.73. The van der Waals surface area contributed by atoms with Gasteiger partial charge in [-0.2, -0.15) is 0 Å². The number of hydrogen-bond donors (Lipinski definition) is 1. The quantitative estimate of drug-likeness (QED) is 0.671. The maximum Gasteiger partial charge on any atom is 0.0725 e.